The molecule has 0 spiro atoms. The second-order valence-electron chi connectivity index (χ2n) is 8.03. The van der Waals surface area contributed by atoms with Gasteiger partial charge in [0.05, 0.1) is 49.3 Å². The second-order valence-corrected chi connectivity index (χ2v) is 8.03. The molecule has 4 aromatic rings. The number of ether oxygens (including phenoxy) is 1. The van der Waals surface area contributed by atoms with Gasteiger partial charge in [0, 0.05) is 12.6 Å². The number of aromatic amines is 1. The molecular weight excluding hydrogens is 444 g/mol. The van der Waals surface area contributed by atoms with Gasteiger partial charge in [-0.05, 0) is 35.4 Å². The highest BCUT2D eigenvalue weighted by Gasteiger charge is 2.22. The van der Waals surface area contributed by atoms with Gasteiger partial charge in [0.1, 0.15) is 5.75 Å². The van der Waals surface area contributed by atoms with Crippen LogP contribution in [0.25, 0.3) is 0 Å². The molecule has 178 valence electrons. The first-order valence-corrected chi connectivity index (χ1v) is 11.2. The smallest absolute Gasteiger partial charge is 0.309 e. The number of nitrogens with one attached hydrogen (secondary N) is 1. The minimum absolute atomic E-state index is 0.260. The maximum Gasteiger partial charge on any atom is 0.309 e. The van der Waals surface area contributed by atoms with Crippen molar-refractivity contribution in [3.05, 3.63) is 117 Å². The zero-order valence-electron chi connectivity index (χ0n) is 19.3. The average Bonchev–Trinajstić information content (AvgIpc) is 3.16. The molecule has 0 aliphatic rings. The highest BCUT2D eigenvalue weighted by molar-refractivity contribution is 6.03. The molecule has 2 aromatic heterocycles. The van der Waals surface area contributed by atoms with E-state index in [1.807, 2.05) is 72.8 Å². The van der Waals surface area contributed by atoms with Crippen molar-refractivity contribution in [1.29, 1.82) is 0 Å². The van der Waals surface area contributed by atoms with Gasteiger partial charge >= 0.3 is 5.97 Å². The molecule has 2 aromatic carbocycles. The van der Waals surface area contributed by atoms with E-state index in [2.05, 4.69) is 10.1 Å². The summed E-state index contributed by atoms with van der Waals surface area (Å²) >= 11 is 0. The Kier molecular flexibility index (Phi) is 7.52. The van der Waals surface area contributed by atoms with Crippen molar-refractivity contribution in [2.45, 2.75) is 25.9 Å². The van der Waals surface area contributed by atoms with Crippen LogP contribution in [0.4, 0.5) is 0 Å². The SMILES string of the molecule is COc1cccc(CC(=NCc2ccccn2)c2c(CC(=O)O)[nH]n(Cc3ccccc3)c2=O)c1. The van der Waals surface area contributed by atoms with Crippen LogP contribution < -0.4 is 10.3 Å². The van der Waals surface area contributed by atoms with E-state index in [0.29, 0.717) is 30.1 Å². The van der Waals surface area contributed by atoms with Gasteiger partial charge in [0.15, 0.2) is 0 Å². The zero-order valence-corrected chi connectivity index (χ0v) is 19.3. The average molecular weight is 471 g/mol. The molecule has 0 aliphatic heterocycles. The summed E-state index contributed by atoms with van der Waals surface area (Å²) in [6.07, 6.45) is 1.69. The Labute approximate surface area is 202 Å². The number of nitrogens with zero attached hydrogens (tertiary/aromatic N) is 3. The number of aromatic nitrogens is 3. The Morgan fingerprint density at radius 1 is 1.03 bits per heavy atom. The molecule has 0 saturated carbocycles. The minimum Gasteiger partial charge on any atom is -0.497 e. The van der Waals surface area contributed by atoms with Crippen LogP contribution in [-0.2, 0) is 30.7 Å². The van der Waals surface area contributed by atoms with E-state index >= 15 is 0 Å². The van der Waals surface area contributed by atoms with Gasteiger partial charge in [-0.2, -0.15) is 0 Å². The van der Waals surface area contributed by atoms with Crippen LogP contribution >= 0.6 is 0 Å². The number of aliphatic imine (C=N–C) groups is 1. The van der Waals surface area contributed by atoms with Crippen molar-refractivity contribution in [1.82, 2.24) is 14.8 Å². The van der Waals surface area contributed by atoms with Gasteiger partial charge in [0.25, 0.3) is 5.56 Å². The van der Waals surface area contributed by atoms with Gasteiger partial charge in [-0.3, -0.25) is 24.7 Å². The van der Waals surface area contributed by atoms with Crippen molar-refractivity contribution < 1.29 is 14.6 Å². The van der Waals surface area contributed by atoms with Gasteiger partial charge in [-0.25, -0.2) is 4.68 Å². The third kappa shape index (κ3) is 6.11. The predicted molar refractivity (Wildman–Crippen MR) is 133 cm³/mol. The molecule has 0 bridgehead atoms. The highest BCUT2D eigenvalue weighted by Crippen LogP contribution is 2.17. The topological polar surface area (TPSA) is 110 Å². The molecule has 4 rings (SSSR count). The maximum absolute atomic E-state index is 13.6. The molecule has 2 N–H and O–H groups in total. The van der Waals surface area contributed by atoms with Gasteiger partial charge in [-0.15, -0.1) is 0 Å². The van der Waals surface area contributed by atoms with E-state index in [4.69, 9.17) is 9.73 Å². The van der Waals surface area contributed by atoms with E-state index in [9.17, 15) is 14.7 Å². The van der Waals surface area contributed by atoms with E-state index in [1.165, 1.54) is 4.68 Å². The Morgan fingerprint density at radius 3 is 2.51 bits per heavy atom. The number of hydrogen-bond acceptors (Lipinski definition) is 5. The molecule has 0 saturated heterocycles. The molecule has 0 unspecified atom stereocenters. The largest absolute Gasteiger partial charge is 0.497 e. The van der Waals surface area contributed by atoms with Gasteiger partial charge in [0.2, 0.25) is 0 Å². The van der Waals surface area contributed by atoms with Crippen LogP contribution in [0.3, 0.4) is 0 Å². The van der Waals surface area contributed by atoms with E-state index in [1.54, 1.807) is 13.3 Å². The second kappa shape index (κ2) is 11.1. The molecule has 0 aliphatic carbocycles. The molecule has 8 heteroatoms. The first-order chi connectivity index (χ1) is 17.0. The molecular formula is C27H26N4O4. The quantitative estimate of drug-likeness (QED) is 0.345. The van der Waals surface area contributed by atoms with Crippen molar-refractivity contribution in [2.24, 2.45) is 4.99 Å². The lowest BCUT2D eigenvalue weighted by Gasteiger charge is -2.09. The standard InChI is InChI=1S/C27H26N4O4/c1-35-22-12-7-10-20(14-22)15-23(29-17-21-11-5-6-13-28-21)26-24(16-25(32)33)30-31(27(26)34)18-19-8-3-2-4-9-19/h2-14,30H,15-18H2,1H3,(H,32,33). The molecule has 35 heavy (non-hydrogen) atoms. The summed E-state index contributed by atoms with van der Waals surface area (Å²) in [6.45, 7) is 0.551. The van der Waals surface area contributed by atoms with Gasteiger partial charge in [-0.1, -0.05) is 48.5 Å². The Balaban J connectivity index is 1.79. The van der Waals surface area contributed by atoms with Crippen LogP contribution in [0, 0.1) is 0 Å². The lowest BCUT2D eigenvalue weighted by atomic mass is 10.0. The monoisotopic (exact) mass is 470 g/mol. The number of carbonyl (C=O) groups is 1. The van der Waals surface area contributed by atoms with Crippen LogP contribution in [0.1, 0.15) is 28.1 Å². The predicted octanol–water partition coefficient (Wildman–Crippen LogP) is 3.49. The summed E-state index contributed by atoms with van der Waals surface area (Å²) in [5.41, 5.74) is 3.34. The Hall–Kier alpha value is -4.46. The number of H-pyrrole nitrogens is 1. The number of carboxylic acid groups (broad SMARTS) is 1. The van der Waals surface area contributed by atoms with Crippen LogP contribution in [-0.4, -0.2) is 38.7 Å². The number of carboxylic acids is 1. The summed E-state index contributed by atoms with van der Waals surface area (Å²) in [7, 11) is 1.59. The zero-order chi connectivity index (χ0) is 24.6. The minimum atomic E-state index is -1.04. The number of rotatable bonds is 10. The third-order valence-electron chi connectivity index (χ3n) is 5.49. The lowest BCUT2D eigenvalue weighted by Crippen LogP contribution is -2.24. The summed E-state index contributed by atoms with van der Waals surface area (Å²) in [4.78, 5) is 34.3. The fraction of sp³-hybridized carbons (Fsp3) is 0.185. The fourth-order valence-electron chi connectivity index (χ4n) is 3.85. The van der Waals surface area contributed by atoms with Gasteiger partial charge < -0.3 is 9.84 Å². The number of pyridine rings is 1. The summed E-state index contributed by atoms with van der Waals surface area (Å²) in [5.74, 6) is -0.349. The molecule has 0 amide bonds. The molecule has 0 fully saturated rings. The lowest BCUT2D eigenvalue weighted by molar-refractivity contribution is -0.136. The van der Waals surface area contributed by atoms with Crippen LogP contribution in [0.2, 0.25) is 0 Å². The summed E-state index contributed by atoms with van der Waals surface area (Å²) in [5, 5.41) is 12.6. The number of aliphatic carboxylic acids is 1. The first-order valence-electron chi connectivity index (χ1n) is 11.2. The maximum atomic E-state index is 13.6. The van der Waals surface area contributed by atoms with Crippen LogP contribution in [0.15, 0.2) is 88.8 Å². The van der Waals surface area contributed by atoms with Crippen molar-refractivity contribution in [2.75, 3.05) is 7.11 Å². The molecule has 8 nitrogen and oxygen atoms in total. The van der Waals surface area contributed by atoms with E-state index in [0.717, 1.165) is 16.8 Å². The summed E-state index contributed by atoms with van der Waals surface area (Å²) < 4.78 is 6.78. The third-order valence-corrected chi connectivity index (χ3v) is 5.49. The number of methoxy groups -OCH3 is 1. The van der Waals surface area contributed by atoms with Crippen molar-refractivity contribution in [3.63, 3.8) is 0 Å². The Morgan fingerprint density at radius 2 is 1.80 bits per heavy atom. The number of hydrogen-bond donors (Lipinski definition) is 2. The fourth-order valence-corrected chi connectivity index (χ4v) is 3.85. The van der Waals surface area contributed by atoms with E-state index in [-0.39, 0.29) is 24.1 Å². The first kappa shape index (κ1) is 23.7. The van der Waals surface area contributed by atoms with Crippen molar-refractivity contribution in [3.8, 4) is 5.75 Å². The van der Waals surface area contributed by atoms with Crippen molar-refractivity contribution >= 4 is 11.7 Å². The highest BCUT2D eigenvalue weighted by atomic mass is 16.5. The number of benzene rings is 2. The summed E-state index contributed by atoms with van der Waals surface area (Å²) in [6, 6.07) is 22.6. The normalized spacial score (nSPS) is 11.4. The Bertz CT molecular complexity index is 1380. The molecule has 0 radical (unpaired) electrons. The van der Waals surface area contributed by atoms with E-state index < -0.39 is 5.97 Å². The molecule has 2 heterocycles. The van der Waals surface area contributed by atoms with Crippen LogP contribution in [0.5, 0.6) is 5.75 Å². The molecule has 0 atom stereocenters.